The lowest BCUT2D eigenvalue weighted by Gasteiger charge is -2.71. The predicted molar refractivity (Wildman–Crippen MR) is 289 cm³/mol. The number of aliphatic hydroxyl groups excluding tert-OH is 16. The summed E-state index contributed by atoms with van der Waals surface area (Å²) >= 11 is 0. The molecular formula is C59H96O27. The molecule has 0 spiro atoms. The Hall–Kier alpha value is -1.79. The maximum absolute atomic E-state index is 15.1. The highest BCUT2D eigenvalue weighted by Gasteiger charge is 2.70. The third-order valence-electron chi connectivity index (χ3n) is 23.2. The van der Waals surface area contributed by atoms with Crippen LogP contribution in [-0.4, -0.2) is 274 Å². The SMILES string of the molecule is CC1(C)CCC2(C(=O)OC3OC(COC4OC(CO)C(O)C(O)C4O)C(O)C(O)C3O)CCC3(C)C(=CCC4C5(C)CCC(OC6OC(CO)C(OC7OC(CO)C(O)C7OC7OC(CO)C(O)C(O)C7O)C(O)C6O)C(C)(C)C5CCC43C)C2C1. The van der Waals surface area contributed by atoms with Gasteiger partial charge in [-0.25, -0.2) is 0 Å². The molecule has 27 heteroatoms. The van der Waals surface area contributed by atoms with E-state index < -0.39 is 203 Å². The fraction of sp³-hybridized carbons (Fsp3) is 0.949. The second-order valence-electron chi connectivity index (χ2n) is 28.6. The van der Waals surface area contributed by atoms with E-state index in [9.17, 15) is 81.7 Å². The lowest BCUT2D eigenvalue weighted by Crippen LogP contribution is -2.66. The second-order valence-corrected chi connectivity index (χ2v) is 28.6. The van der Waals surface area contributed by atoms with E-state index in [1.165, 1.54) is 5.57 Å². The first-order valence-electron chi connectivity index (χ1n) is 30.8. The van der Waals surface area contributed by atoms with Crippen LogP contribution in [0.1, 0.15) is 113 Å². The molecular weight excluding hydrogens is 1140 g/mol. The molecule has 10 aliphatic rings. The molecule has 494 valence electrons. The van der Waals surface area contributed by atoms with Crippen LogP contribution in [0.25, 0.3) is 0 Å². The van der Waals surface area contributed by atoms with Gasteiger partial charge in [0.1, 0.15) is 116 Å². The molecule has 0 radical (unpaired) electrons. The molecule has 32 unspecified atom stereocenters. The Labute approximate surface area is 499 Å². The van der Waals surface area contributed by atoms with Crippen LogP contribution in [0.15, 0.2) is 11.6 Å². The van der Waals surface area contributed by atoms with Crippen molar-refractivity contribution in [1.29, 1.82) is 0 Å². The van der Waals surface area contributed by atoms with Crippen molar-refractivity contribution in [3.63, 3.8) is 0 Å². The van der Waals surface area contributed by atoms with Gasteiger partial charge < -0.3 is 129 Å². The molecule has 5 saturated heterocycles. The van der Waals surface area contributed by atoms with Crippen LogP contribution in [0.4, 0.5) is 0 Å². The number of carbonyl (C=O) groups is 1. The summed E-state index contributed by atoms with van der Waals surface area (Å²) in [6.07, 6.45) is -30.6. The van der Waals surface area contributed by atoms with Gasteiger partial charge in [0.25, 0.3) is 0 Å². The van der Waals surface area contributed by atoms with Crippen LogP contribution < -0.4 is 0 Å². The van der Waals surface area contributed by atoms with Crippen molar-refractivity contribution in [2.75, 3.05) is 33.0 Å². The Kier molecular flexibility index (Phi) is 19.4. The third-order valence-corrected chi connectivity index (χ3v) is 23.2. The average molecular weight is 1240 g/mol. The van der Waals surface area contributed by atoms with E-state index in [1.807, 2.05) is 0 Å². The zero-order chi connectivity index (χ0) is 62.7. The number of carbonyl (C=O) groups excluding carboxylic acids is 1. The smallest absolute Gasteiger partial charge is 0.315 e. The largest absolute Gasteiger partial charge is 0.432 e. The van der Waals surface area contributed by atoms with Gasteiger partial charge in [-0.2, -0.15) is 0 Å². The number of hydrogen-bond acceptors (Lipinski definition) is 27. The monoisotopic (exact) mass is 1240 g/mol. The number of esters is 1. The summed E-state index contributed by atoms with van der Waals surface area (Å²) < 4.78 is 59.2. The van der Waals surface area contributed by atoms with Crippen LogP contribution in [-0.2, 0) is 52.2 Å². The molecule has 0 bridgehead atoms. The minimum absolute atomic E-state index is 0.0975. The molecule has 0 aromatic carbocycles. The number of fused-ring (bicyclic) bond motifs is 7. The van der Waals surface area contributed by atoms with Crippen molar-refractivity contribution in [3.05, 3.63) is 11.6 Å². The van der Waals surface area contributed by atoms with Gasteiger partial charge >= 0.3 is 5.97 Å². The van der Waals surface area contributed by atoms with E-state index in [1.54, 1.807) is 0 Å². The van der Waals surface area contributed by atoms with Crippen LogP contribution in [0.2, 0.25) is 0 Å². The summed E-state index contributed by atoms with van der Waals surface area (Å²) in [5.74, 6) is -0.565. The summed E-state index contributed by atoms with van der Waals surface area (Å²) in [6, 6.07) is 0. The molecule has 5 heterocycles. The summed E-state index contributed by atoms with van der Waals surface area (Å²) in [5.41, 5.74) is -1.34. The summed E-state index contributed by atoms with van der Waals surface area (Å²) in [5, 5.41) is 171. The lowest BCUT2D eigenvalue weighted by molar-refractivity contribution is -0.358. The highest BCUT2D eigenvalue weighted by molar-refractivity contribution is 5.79. The Morgan fingerprint density at radius 1 is 0.488 bits per heavy atom. The van der Waals surface area contributed by atoms with Gasteiger partial charge in [0, 0.05) is 0 Å². The molecule has 0 amide bonds. The fourth-order valence-electron chi connectivity index (χ4n) is 17.7. The maximum atomic E-state index is 15.1. The minimum atomic E-state index is -1.87. The molecule has 27 nitrogen and oxygen atoms in total. The van der Waals surface area contributed by atoms with E-state index in [4.69, 9.17) is 47.4 Å². The van der Waals surface area contributed by atoms with E-state index >= 15 is 4.79 Å². The number of rotatable bonds is 15. The molecule has 10 rings (SSSR count). The second kappa shape index (κ2) is 24.9. The van der Waals surface area contributed by atoms with Gasteiger partial charge in [-0.1, -0.05) is 60.1 Å². The summed E-state index contributed by atoms with van der Waals surface area (Å²) in [7, 11) is 0. The highest BCUT2D eigenvalue weighted by atomic mass is 16.8. The minimum Gasteiger partial charge on any atom is -0.432 e. The lowest BCUT2D eigenvalue weighted by atomic mass is 9.33. The van der Waals surface area contributed by atoms with Crippen LogP contribution in [0.3, 0.4) is 0 Å². The first-order chi connectivity index (χ1) is 40.4. The number of ether oxygens (including phenoxy) is 10. The van der Waals surface area contributed by atoms with Crippen molar-refractivity contribution < 1.29 is 134 Å². The van der Waals surface area contributed by atoms with Crippen molar-refractivity contribution in [3.8, 4) is 0 Å². The molecule has 86 heavy (non-hydrogen) atoms. The number of hydrogen-bond donors (Lipinski definition) is 16. The van der Waals surface area contributed by atoms with Gasteiger partial charge in [-0.05, 0) is 109 Å². The van der Waals surface area contributed by atoms with Gasteiger partial charge in [-0.3, -0.25) is 4.79 Å². The van der Waals surface area contributed by atoms with Gasteiger partial charge in [0.2, 0.25) is 6.29 Å². The zero-order valence-electron chi connectivity index (χ0n) is 50.0. The van der Waals surface area contributed by atoms with Crippen LogP contribution >= 0.6 is 0 Å². The number of aliphatic hydroxyl groups is 16. The first-order valence-corrected chi connectivity index (χ1v) is 30.8. The van der Waals surface area contributed by atoms with E-state index in [-0.39, 0.29) is 39.4 Å². The predicted octanol–water partition coefficient (Wildman–Crippen LogP) is -3.57. The van der Waals surface area contributed by atoms with Gasteiger partial charge in [0.05, 0.1) is 44.6 Å². The van der Waals surface area contributed by atoms with Crippen LogP contribution in [0, 0.1) is 50.2 Å². The average Bonchev–Trinajstić information content (AvgIpc) is 1.09. The van der Waals surface area contributed by atoms with Crippen molar-refractivity contribution in [2.45, 2.75) is 266 Å². The van der Waals surface area contributed by atoms with E-state index in [0.29, 0.717) is 38.5 Å². The van der Waals surface area contributed by atoms with Gasteiger partial charge in [-0.15, -0.1) is 0 Å². The van der Waals surface area contributed by atoms with E-state index in [0.717, 1.165) is 25.7 Å². The summed E-state index contributed by atoms with van der Waals surface area (Å²) in [6.45, 7) is 12.3. The maximum Gasteiger partial charge on any atom is 0.315 e. The Morgan fingerprint density at radius 3 is 1.62 bits per heavy atom. The molecule has 5 aliphatic heterocycles. The molecule has 16 N–H and O–H groups in total. The van der Waals surface area contributed by atoms with Crippen molar-refractivity contribution >= 4 is 5.97 Å². The molecule has 32 atom stereocenters. The standard InChI is InChI=1S/C59H96O27/c1-54(2)14-16-59(53(76)86-51-44(74)40(70)36(66)30(82-51)23-77-48-42(72)38(68)34(64)26(19-60)78-48)17-15-57(6)24(25(59)18-54)8-9-32-56(5)12-11-33(55(3,4)31(56)10-13-58(32,57)7)83-49-45(75)41(71)46(29(22-63)81-49)84-52-47(37(67)28(21-62)80-52)85-50-43(73)39(69)35(65)27(20-61)79-50/h8,25-52,60-75H,9-23H2,1-7H3. The molecule has 0 aromatic rings. The highest BCUT2D eigenvalue weighted by Crippen LogP contribution is 2.76. The quantitative estimate of drug-likeness (QED) is 0.0428. The van der Waals surface area contributed by atoms with Crippen LogP contribution in [0.5, 0.6) is 0 Å². The zero-order valence-corrected chi connectivity index (χ0v) is 50.0. The van der Waals surface area contributed by atoms with Gasteiger partial charge in [0.15, 0.2) is 25.2 Å². The normalized spacial score (nSPS) is 53.5. The molecule has 5 aliphatic carbocycles. The third kappa shape index (κ3) is 11.2. The topological polar surface area (TPSA) is 433 Å². The fourth-order valence-corrected chi connectivity index (χ4v) is 17.7. The molecule has 4 saturated carbocycles. The molecule has 9 fully saturated rings. The van der Waals surface area contributed by atoms with Crippen molar-refractivity contribution in [2.24, 2.45) is 50.2 Å². The molecule has 0 aromatic heterocycles. The Morgan fingerprint density at radius 2 is 0.988 bits per heavy atom. The van der Waals surface area contributed by atoms with E-state index in [2.05, 4.69) is 54.5 Å². The Balaban J connectivity index is 0.820. The summed E-state index contributed by atoms with van der Waals surface area (Å²) in [4.78, 5) is 15.1. The first kappa shape index (κ1) is 67.1. The Bertz CT molecular complexity index is 2380. The van der Waals surface area contributed by atoms with Crippen molar-refractivity contribution in [1.82, 2.24) is 0 Å². The number of allylic oxidation sites excluding steroid dienone is 2.